The third-order valence-electron chi connectivity index (χ3n) is 28.1. The number of hydrogen-bond donors (Lipinski definition) is 0. The second-order valence-electron chi connectivity index (χ2n) is 37.2. The quantitative estimate of drug-likeness (QED) is 0.0798. The molecule has 6 heterocycles. The van der Waals surface area contributed by atoms with Gasteiger partial charge in [0.1, 0.15) is 16.7 Å². The van der Waals surface area contributed by atoms with Gasteiger partial charge in [-0.25, -0.2) is 0 Å². The van der Waals surface area contributed by atoms with Gasteiger partial charge in [0.2, 0.25) is 0 Å². The van der Waals surface area contributed by atoms with Crippen LogP contribution >= 0.6 is 93.1 Å². The van der Waals surface area contributed by atoms with E-state index in [0.29, 0.717) is 0 Å². The number of anilines is 12. The van der Waals surface area contributed by atoms with Gasteiger partial charge in [-0.2, -0.15) is 11.3 Å². The Balaban J connectivity index is 0.000000105. The largest absolute Gasteiger partial charge is 2.00 e. The average Bonchev–Trinajstić information content (AvgIpc) is 1.58. The number of benzene rings is 22. The van der Waals surface area contributed by atoms with Crippen LogP contribution in [0, 0.1) is 6.07 Å². The second kappa shape index (κ2) is 39.1. The normalized spacial score (nSPS) is 12.0. The predicted octanol–water partition coefficient (Wildman–Crippen LogP) is 42.5. The van der Waals surface area contributed by atoms with Crippen molar-refractivity contribution in [3.63, 3.8) is 0 Å². The first-order valence-corrected chi connectivity index (χ1v) is 54.3. The molecule has 698 valence electrons. The van der Waals surface area contributed by atoms with E-state index in [4.69, 9.17) is 8.83 Å². The summed E-state index contributed by atoms with van der Waals surface area (Å²) in [6.45, 7) is 4.69. The number of halogens is 3. The minimum atomic E-state index is -0.0570. The Kier molecular flexibility index (Phi) is 24.6. The number of rotatable bonds is 14. The van der Waals surface area contributed by atoms with Gasteiger partial charge in [-0.1, -0.05) is 369 Å². The van der Waals surface area contributed by atoms with E-state index >= 15 is 0 Å². The Labute approximate surface area is 896 Å². The Morgan fingerprint density at radius 2 is 0.619 bits per heavy atom. The number of nitrogens with zero attached hydrogens (tertiary/aromatic N) is 4. The molecule has 147 heavy (non-hydrogen) atoms. The molecule has 0 amide bonds. The first-order valence-electron chi connectivity index (χ1n) is 48.7. The summed E-state index contributed by atoms with van der Waals surface area (Å²) < 4.78 is 26.1. The van der Waals surface area contributed by atoms with Crippen LogP contribution in [0.1, 0.15) is 26.4 Å². The van der Waals surface area contributed by atoms with Crippen molar-refractivity contribution in [1.29, 1.82) is 0 Å². The van der Waals surface area contributed by atoms with E-state index in [0.717, 1.165) is 114 Å². The number of hydrogen-bond acceptors (Lipinski definition) is 10. The van der Waals surface area contributed by atoms with Crippen LogP contribution < -0.4 is 19.6 Å². The minimum Gasteiger partial charge on any atom is -1.00 e. The van der Waals surface area contributed by atoms with Gasteiger partial charge in [-0.3, -0.25) is 0 Å². The molecule has 22 aromatic carbocycles. The molecule has 0 spiro atoms. The topological polar surface area (TPSA) is 39.2 Å². The van der Waals surface area contributed by atoms with E-state index in [2.05, 4.69) is 548 Å². The van der Waals surface area contributed by atoms with Crippen LogP contribution in [0.5, 0.6) is 0 Å². The second-order valence-corrected chi connectivity index (χ2v) is 44.2. The van der Waals surface area contributed by atoms with E-state index in [-0.39, 0.29) is 17.0 Å². The van der Waals surface area contributed by atoms with E-state index in [1.54, 1.807) is 0 Å². The van der Waals surface area contributed by atoms with E-state index < -0.39 is 0 Å². The zero-order valence-electron chi connectivity index (χ0n) is 80.8. The molecular formula is C133H87BeBr3N4O2S4. The monoisotopic (exact) mass is 2150 g/mol. The van der Waals surface area contributed by atoms with Gasteiger partial charge >= 0.3 is 10.1 Å². The number of thiophene rings is 4. The molecule has 1 aliphatic rings. The number of furan rings is 2. The summed E-state index contributed by atoms with van der Waals surface area (Å²) in [6, 6.07) is 177. The van der Waals surface area contributed by atoms with E-state index in [9.17, 15) is 0 Å². The number of fused-ring (bicyclic) bond motifs is 22. The molecule has 6 aromatic heterocycles. The standard InChI is InChI=1S/C37H26NS.C36H22BrNOS.C30H18BrNOS.C30H20BrNS.Be.H/c1-37(2)33-13-7-5-11-29(33)30-19-17-27(22-34(30)37)38(26-16-15-24-9-3-4-10-25(24)21-26)28-18-20-32-31-12-6-8-14-35(31)39-36(32)23-28;37-25-20-31-28-10-4-6-12-33(28)39-36(31)32(21-25)38(26-16-14-24(15-17-26)23-8-2-1-3-9-23)27-18-19-35-30(22-27)29-11-5-7-13-34(29)40-35;31-19-16-25-23-11-5-7-13-29(23)34-30(25)26(17-19)32(20-8-2-1-3-9-20)21-14-15-28-24(18-21)22-10-4-6-12-27(22)33-28;31-23-19-27-26-13-7-8-14-29(26)33-30(27)28(20-23)32(24-11-5-2-6-12-24)25-17-15-22(16-18-25)21-9-3-1-4-10-21;;/h3-19,21-23H,1-2H3;1-22H;1-18H;1-20H;;/q-1;;;;+2;-1. The Morgan fingerprint density at radius 1 is 0.238 bits per heavy atom. The van der Waals surface area contributed by atoms with E-state index in [1.807, 2.05) is 69.6 Å². The van der Waals surface area contributed by atoms with E-state index in [1.165, 1.54) is 147 Å². The van der Waals surface area contributed by atoms with Crippen molar-refractivity contribution in [3.8, 4) is 33.4 Å². The fourth-order valence-electron chi connectivity index (χ4n) is 21.2. The van der Waals surface area contributed by atoms with Crippen LogP contribution in [-0.4, -0.2) is 10.1 Å². The summed E-state index contributed by atoms with van der Waals surface area (Å²) in [7, 11) is 0. The summed E-state index contributed by atoms with van der Waals surface area (Å²) in [4.78, 5) is 9.42. The first-order chi connectivity index (χ1) is 71.8. The predicted molar refractivity (Wildman–Crippen MR) is 645 cm³/mol. The molecule has 0 saturated carbocycles. The van der Waals surface area contributed by atoms with Crippen LogP contribution in [0.2, 0.25) is 0 Å². The third-order valence-corrected chi connectivity index (χ3v) is 34.1. The van der Waals surface area contributed by atoms with Crippen molar-refractivity contribution in [2.24, 2.45) is 0 Å². The maximum Gasteiger partial charge on any atom is 2.00 e. The fraction of sp³-hybridized carbons (Fsp3) is 0.0226. The van der Waals surface area contributed by atoms with Crippen LogP contribution in [-0.2, 0) is 5.41 Å². The fourth-order valence-corrected chi connectivity index (χ4v) is 27.1. The Morgan fingerprint density at radius 3 is 1.22 bits per heavy atom. The van der Waals surface area contributed by atoms with Crippen LogP contribution in [0.25, 0.3) is 169 Å². The third kappa shape index (κ3) is 17.2. The molecule has 0 N–H and O–H groups in total. The summed E-state index contributed by atoms with van der Waals surface area (Å²) in [5.74, 6) is 0. The number of para-hydroxylation sites is 4. The van der Waals surface area contributed by atoms with Gasteiger partial charge in [0, 0.05) is 137 Å². The molecule has 0 fully saturated rings. The van der Waals surface area contributed by atoms with Crippen LogP contribution in [0.15, 0.2) is 508 Å². The minimum absolute atomic E-state index is 0. The van der Waals surface area contributed by atoms with Gasteiger partial charge in [0.25, 0.3) is 0 Å². The summed E-state index contributed by atoms with van der Waals surface area (Å²) >= 11 is 18.8. The molecule has 0 bridgehead atoms. The maximum atomic E-state index is 6.54. The molecule has 6 nitrogen and oxygen atoms in total. The average molecular weight is 2150 g/mol. The molecule has 0 saturated heterocycles. The SMILES string of the molecule is Brc1cc(N(c2ccc(-c3ccccc3)cc2)c2ccc3sc4ccccc4c3c2)c2oc3ccccc3c2c1.Brc1cc(N(c2ccccc2)c2ccc(-c3ccccc3)cc2)c2sc3ccccc3c2c1.Brc1cc(N(c2ccccc2)c2ccc3oc4ccccc4c3c2)c2sc3ccccc3c2c1.CC1(C)c2ccccc2-c2ccc(N(c3ccc4ccccc4c3)c3c[c-]c4c(c3)sc3ccccc34)cc21.[Be+2].[H-]. The van der Waals surface area contributed by atoms with Crippen LogP contribution in [0.3, 0.4) is 0 Å². The van der Waals surface area contributed by atoms with Crippen molar-refractivity contribution < 1.29 is 10.3 Å². The van der Waals surface area contributed by atoms with Crippen molar-refractivity contribution in [1.82, 2.24) is 0 Å². The van der Waals surface area contributed by atoms with Gasteiger partial charge in [0.05, 0.1) is 26.5 Å². The molecule has 0 atom stereocenters. The molecule has 1 aliphatic carbocycles. The molecule has 29 rings (SSSR count). The molecular weight excluding hydrogens is 2060 g/mol. The van der Waals surface area contributed by atoms with Crippen LogP contribution in [0.4, 0.5) is 68.2 Å². The summed E-state index contributed by atoms with van der Waals surface area (Å²) in [6.07, 6.45) is 0. The van der Waals surface area contributed by atoms with Crippen molar-refractivity contribution in [2.45, 2.75) is 19.3 Å². The first kappa shape index (κ1) is 92.5. The van der Waals surface area contributed by atoms with Crippen molar-refractivity contribution in [2.75, 3.05) is 19.6 Å². The smallest absolute Gasteiger partial charge is 1.00 e. The Bertz CT molecular complexity index is 9900. The molecule has 0 radical (unpaired) electrons. The zero-order valence-corrected chi connectivity index (χ0v) is 87.8. The van der Waals surface area contributed by atoms with Gasteiger partial charge in [0.15, 0.2) is 5.58 Å². The summed E-state index contributed by atoms with van der Waals surface area (Å²) in [5.41, 5.74) is 27.2. The van der Waals surface area contributed by atoms with Gasteiger partial charge < -0.3 is 29.9 Å². The molecule has 0 unspecified atom stereocenters. The maximum absolute atomic E-state index is 6.54. The zero-order chi connectivity index (χ0) is 97.6. The van der Waals surface area contributed by atoms with Crippen molar-refractivity contribution in [3.05, 3.63) is 516 Å². The molecule has 14 heteroatoms. The van der Waals surface area contributed by atoms with Crippen molar-refractivity contribution >= 4 is 307 Å². The molecule has 0 aliphatic heterocycles. The molecule has 28 aromatic rings. The Hall–Kier alpha value is -15.6. The van der Waals surface area contributed by atoms with Gasteiger partial charge in [-0.05, 0) is 242 Å². The van der Waals surface area contributed by atoms with Gasteiger partial charge in [-0.15, -0.1) is 57.6 Å². The summed E-state index contributed by atoms with van der Waals surface area (Å²) in [5, 5.41) is 17.1.